The summed E-state index contributed by atoms with van der Waals surface area (Å²) in [5, 5.41) is 0. The van der Waals surface area contributed by atoms with E-state index in [1.54, 1.807) is 19.0 Å². The highest BCUT2D eigenvalue weighted by Gasteiger charge is 2.28. The lowest BCUT2D eigenvalue weighted by atomic mass is 10.4. The number of urea groups is 1. The van der Waals surface area contributed by atoms with Crippen LogP contribution in [0.15, 0.2) is 0 Å². The Morgan fingerprint density at radius 1 is 1.22 bits per heavy atom. The van der Waals surface area contributed by atoms with Crippen molar-refractivity contribution in [3.63, 3.8) is 0 Å². The predicted octanol–water partition coefficient (Wildman–Crippen LogP) is 0.244. The Morgan fingerprint density at radius 3 is 2.22 bits per heavy atom. The van der Waals surface area contributed by atoms with E-state index in [0.29, 0.717) is 38.5 Å². The molecule has 0 spiro atoms. The summed E-state index contributed by atoms with van der Waals surface area (Å²) in [6, 6.07) is -0.0761. The van der Waals surface area contributed by atoms with Crippen molar-refractivity contribution in [2.75, 3.05) is 51.9 Å². The number of halogens is 1. The molecule has 106 valence electrons. The number of piperazine rings is 1. The van der Waals surface area contributed by atoms with E-state index in [4.69, 9.17) is 11.6 Å². The molecule has 1 heterocycles. The molecule has 0 bridgehead atoms. The highest BCUT2D eigenvalue weighted by molar-refractivity contribution is 7.89. The number of amides is 2. The molecular formula is C10H20ClN3O3S. The SMILES string of the molecule is CN(C)C(=O)N1CCN(S(=O)(=O)CCCCl)CC1. The Hall–Kier alpha value is -0.530. The number of hydrogen-bond acceptors (Lipinski definition) is 3. The molecule has 18 heavy (non-hydrogen) atoms. The second-order valence-corrected chi connectivity index (χ2v) is 6.89. The van der Waals surface area contributed by atoms with E-state index in [1.807, 2.05) is 0 Å². The minimum Gasteiger partial charge on any atom is -0.331 e. The van der Waals surface area contributed by atoms with E-state index < -0.39 is 10.0 Å². The van der Waals surface area contributed by atoms with Crippen LogP contribution < -0.4 is 0 Å². The van der Waals surface area contributed by atoms with Crippen molar-refractivity contribution in [3.8, 4) is 0 Å². The van der Waals surface area contributed by atoms with Crippen molar-refractivity contribution >= 4 is 27.7 Å². The summed E-state index contributed by atoms with van der Waals surface area (Å²) in [6.07, 6.45) is 0.459. The smallest absolute Gasteiger partial charge is 0.319 e. The first-order valence-corrected chi connectivity index (χ1v) is 8.03. The van der Waals surface area contributed by atoms with Crippen LogP contribution in [0.2, 0.25) is 0 Å². The first-order valence-electron chi connectivity index (χ1n) is 5.88. The minimum absolute atomic E-state index is 0.0761. The van der Waals surface area contributed by atoms with E-state index in [0.717, 1.165) is 0 Å². The van der Waals surface area contributed by atoms with Crippen molar-refractivity contribution in [1.29, 1.82) is 0 Å². The normalized spacial score (nSPS) is 17.8. The van der Waals surface area contributed by atoms with Gasteiger partial charge in [-0.1, -0.05) is 0 Å². The third-order valence-electron chi connectivity index (χ3n) is 2.82. The highest BCUT2D eigenvalue weighted by atomic mass is 35.5. The van der Waals surface area contributed by atoms with Crippen LogP contribution in [0.4, 0.5) is 4.79 Å². The van der Waals surface area contributed by atoms with Gasteiger partial charge in [0.1, 0.15) is 0 Å². The molecule has 0 saturated carbocycles. The number of carbonyl (C=O) groups excluding carboxylic acids is 1. The van der Waals surface area contributed by atoms with Crippen LogP contribution in [0.1, 0.15) is 6.42 Å². The molecule has 0 N–H and O–H groups in total. The fourth-order valence-electron chi connectivity index (χ4n) is 1.81. The molecule has 0 aromatic carbocycles. The highest BCUT2D eigenvalue weighted by Crippen LogP contribution is 2.10. The Labute approximate surface area is 114 Å². The van der Waals surface area contributed by atoms with E-state index in [1.165, 1.54) is 9.21 Å². The lowest BCUT2D eigenvalue weighted by molar-refractivity contribution is 0.149. The first-order chi connectivity index (χ1) is 8.38. The van der Waals surface area contributed by atoms with Gasteiger partial charge in [0.2, 0.25) is 10.0 Å². The van der Waals surface area contributed by atoms with Gasteiger partial charge in [0, 0.05) is 46.2 Å². The van der Waals surface area contributed by atoms with Gasteiger partial charge < -0.3 is 9.80 Å². The monoisotopic (exact) mass is 297 g/mol. The largest absolute Gasteiger partial charge is 0.331 e. The summed E-state index contributed by atoms with van der Waals surface area (Å²) in [7, 11) is 0.155. The standard InChI is InChI=1S/C10H20ClN3O3S/c1-12(2)10(15)13-5-7-14(8-6-13)18(16,17)9-3-4-11/h3-9H2,1-2H3. The molecule has 6 nitrogen and oxygen atoms in total. The number of rotatable bonds is 4. The average molecular weight is 298 g/mol. The first kappa shape index (κ1) is 15.5. The predicted molar refractivity (Wildman–Crippen MR) is 71.4 cm³/mol. The van der Waals surface area contributed by atoms with E-state index in [9.17, 15) is 13.2 Å². The Balaban J connectivity index is 2.51. The van der Waals surface area contributed by atoms with Crippen LogP contribution >= 0.6 is 11.6 Å². The van der Waals surface area contributed by atoms with Gasteiger partial charge >= 0.3 is 6.03 Å². The van der Waals surface area contributed by atoms with Crippen LogP contribution in [0.3, 0.4) is 0 Å². The Bertz CT molecular complexity index is 378. The van der Waals surface area contributed by atoms with E-state index in [2.05, 4.69) is 0 Å². The lowest BCUT2D eigenvalue weighted by Crippen LogP contribution is -2.53. The summed E-state index contributed by atoms with van der Waals surface area (Å²) in [5.74, 6) is 0.427. The fraction of sp³-hybridized carbons (Fsp3) is 0.900. The van der Waals surface area contributed by atoms with Crippen molar-refractivity contribution in [2.24, 2.45) is 0 Å². The zero-order valence-electron chi connectivity index (χ0n) is 10.8. The van der Waals surface area contributed by atoms with Gasteiger partial charge in [-0.15, -0.1) is 11.6 Å². The molecule has 2 amide bonds. The van der Waals surface area contributed by atoms with Crippen molar-refractivity contribution in [3.05, 3.63) is 0 Å². The maximum atomic E-state index is 11.9. The molecule has 0 aromatic rings. The van der Waals surface area contributed by atoms with Gasteiger partial charge in [0.25, 0.3) is 0 Å². The van der Waals surface area contributed by atoms with Gasteiger partial charge in [-0.3, -0.25) is 0 Å². The van der Waals surface area contributed by atoms with Crippen molar-refractivity contribution in [1.82, 2.24) is 14.1 Å². The van der Waals surface area contributed by atoms with Crippen molar-refractivity contribution in [2.45, 2.75) is 6.42 Å². The Morgan fingerprint density at radius 2 is 1.78 bits per heavy atom. The molecule has 1 aliphatic rings. The van der Waals surface area contributed by atoms with Crippen LogP contribution in [-0.4, -0.2) is 80.5 Å². The van der Waals surface area contributed by atoms with Gasteiger partial charge in [0.05, 0.1) is 5.75 Å². The second-order valence-electron chi connectivity index (χ2n) is 4.42. The maximum Gasteiger partial charge on any atom is 0.319 e. The quantitative estimate of drug-likeness (QED) is 0.699. The number of nitrogens with zero attached hydrogens (tertiary/aromatic N) is 3. The summed E-state index contributed by atoms with van der Waals surface area (Å²) in [5.41, 5.74) is 0. The van der Waals surface area contributed by atoms with Crippen LogP contribution in [0, 0.1) is 0 Å². The third-order valence-corrected chi connectivity index (χ3v) is 5.04. The molecule has 0 aliphatic carbocycles. The van der Waals surface area contributed by atoms with Gasteiger partial charge in [-0.05, 0) is 6.42 Å². The molecule has 8 heteroatoms. The zero-order chi connectivity index (χ0) is 13.8. The molecule has 1 fully saturated rings. The molecular weight excluding hydrogens is 278 g/mol. The summed E-state index contributed by atoms with van der Waals surface area (Å²) >= 11 is 5.50. The molecule has 0 aromatic heterocycles. The minimum atomic E-state index is -3.22. The fourth-order valence-corrected chi connectivity index (χ4v) is 3.59. The number of carbonyl (C=O) groups is 1. The zero-order valence-corrected chi connectivity index (χ0v) is 12.4. The third kappa shape index (κ3) is 4.00. The molecule has 0 radical (unpaired) electrons. The number of hydrogen-bond donors (Lipinski definition) is 0. The lowest BCUT2D eigenvalue weighted by Gasteiger charge is -2.35. The second kappa shape index (κ2) is 6.58. The van der Waals surface area contributed by atoms with Crippen LogP contribution in [0.5, 0.6) is 0 Å². The molecule has 0 atom stereocenters. The molecule has 1 rings (SSSR count). The summed E-state index contributed by atoms with van der Waals surface area (Å²) in [4.78, 5) is 14.9. The van der Waals surface area contributed by atoms with E-state index >= 15 is 0 Å². The van der Waals surface area contributed by atoms with E-state index in [-0.39, 0.29) is 11.8 Å². The number of alkyl halides is 1. The topological polar surface area (TPSA) is 60.9 Å². The van der Waals surface area contributed by atoms with Gasteiger partial charge in [-0.25, -0.2) is 13.2 Å². The molecule has 1 aliphatic heterocycles. The number of sulfonamides is 1. The summed E-state index contributed by atoms with van der Waals surface area (Å²) in [6.45, 7) is 1.61. The maximum absolute atomic E-state index is 11.9. The molecule has 0 unspecified atom stereocenters. The van der Waals surface area contributed by atoms with Gasteiger partial charge in [0.15, 0.2) is 0 Å². The average Bonchev–Trinajstić information content (AvgIpc) is 2.35. The Kier molecular flexibility index (Phi) is 5.68. The van der Waals surface area contributed by atoms with Crippen molar-refractivity contribution < 1.29 is 13.2 Å². The molecule has 1 saturated heterocycles. The van der Waals surface area contributed by atoms with Crippen LogP contribution in [0.25, 0.3) is 0 Å². The van der Waals surface area contributed by atoms with Crippen LogP contribution in [-0.2, 0) is 10.0 Å². The van der Waals surface area contributed by atoms with Gasteiger partial charge in [-0.2, -0.15) is 4.31 Å². The summed E-state index contributed by atoms with van der Waals surface area (Å²) < 4.78 is 25.3.